The van der Waals surface area contributed by atoms with Crippen molar-refractivity contribution in [2.75, 3.05) is 56.2 Å². The normalized spacial score (nSPS) is 13.8. The molecule has 1 amide bonds. The lowest BCUT2D eigenvalue weighted by Gasteiger charge is -2.37. The third kappa shape index (κ3) is 6.59. The van der Waals surface area contributed by atoms with Crippen LogP contribution in [0.5, 0.6) is 5.75 Å². The molecule has 8 heteroatoms. The number of ether oxygens (including phenoxy) is 1. The highest BCUT2D eigenvalue weighted by Crippen LogP contribution is 2.21. The number of rotatable bonds is 7. The molecular weight excluding hydrogens is 551 g/mol. The highest BCUT2D eigenvalue weighted by atomic mass is 127. The molecule has 0 aliphatic carbocycles. The maximum absolute atomic E-state index is 13.3. The Morgan fingerprint density at radius 1 is 1.00 bits per heavy atom. The summed E-state index contributed by atoms with van der Waals surface area (Å²) in [7, 11) is 1.69. The zero-order valence-corrected chi connectivity index (χ0v) is 21.5. The van der Waals surface area contributed by atoms with Crippen LogP contribution in [0.2, 0.25) is 0 Å². The number of nitrogens with zero attached hydrogens (tertiary/aromatic N) is 4. The van der Waals surface area contributed by atoms with E-state index in [0.717, 1.165) is 42.0 Å². The molecule has 1 fully saturated rings. The number of aromatic nitrogens is 1. The van der Waals surface area contributed by atoms with Crippen LogP contribution < -0.4 is 14.5 Å². The molecule has 0 N–H and O–H groups in total. The van der Waals surface area contributed by atoms with E-state index in [1.54, 1.807) is 18.2 Å². The smallest absolute Gasteiger partial charge is 0.259 e. The van der Waals surface area contributed by atoms with Crippen LogP contribution in [0.1, 0.15) is 10.4 Å². The average Bonchev–Trinajstić information content (AvgIpc) is 2.85. The lowest BCUT2D eigenvalue weighted by molar-refractivity contribution is 0.0982. The van der Waals surface area contributed by atoms with Crippen LogP contribution in [0, 0.1) is 3.57 Å². The summed E-state index contributed by atoms with van der Waals surface area (Å²) in [4.78, 5) is 24.3. The Hall–Kier alpha value is -2.36. The summed E-state index contributed by atoms with van der Waals surface area (Å²) in [6.07, 6.45) is 1.73. The number of pyridine rings is 1. The van der Waals surface area contributed by atoms with E-state index in [0.29, 0.717) is 17.9 Å². The van der Waals surface area contributed by atoms with Crippen molar-refractivity contribution in [2.45, 2.75) is 0 Å². The van der Waals surface area contributed by atoms with Gasteiger partial charge >= 0.3 is 0 Å². The van der Waals surface area contributed by atoms with Gasteiger partial charge < -0.3 is 9.64 Å². The number of hydrogen-bond donors (Lipinski definition) is 0. The highest BCUT2D eigenvalue weighted by molar-refractivity contribution is 14.1. The minimum Gasteiger partial charge on any atom is -0.497 e. The van der Waals surface area contributed by atoms with Crippen LogP contribution in [0.4, 0.5) is 11.5 Å². The lowest BCUT2D eigenvalue weighted by Crippen LogP contribution is -2.49. The summed E-state index contributed by atoms with van der Waals surface area (Å²) in [6, 6.07) is 21.6. The SMILES string of the molecule is COc1ccc(N2CCN(CCN(C(=O)c3ccc(I)cc3)c3ccccn3)CC2)cc1.Cl. The molecule has 174 valence electrons. The van der Waals surface area contributed by atoms with E-state index in [4.69, 9.17) is 4.74 Å². The van der Waals surface area contributed by atoms with Gasteiger partial charge in [0.25, 0.3) is 5.91 Å². The van der Waals surface area contributed by atoms with Crippen molar-refractivity contribution >= 4 is 52.4 Å². The molecule has 0 unspecified atom stereocenters. The number of piperazine rings is 1. The number of carbonyl (C=O) groups excluding carboxylic acids is 1. The minimum atomic E-state index is -0.0167. The van der Waals surface area contributed by atoms with E-state index < -0.39 is 0 Å². The second-order valence-electron chi connectivity index (χ2n) is 7.68. The van der Waals surface area contributed by atoms with Gasteiger partial charge in [-0.05, 0) is 83.3 Å². The molecule has 3 aromatic rings. The van der Waals surface area contributed by atoms with Gasteiger partial charge in [0.05, 0.1) is 7.11 Å². The van der Waals surface area contributed by atoms with Crippen molar-refractivity contribution in [3.8, 4) is 5.75 Å². The molecule has 1 aliphatic heterocycles. The second kappa shape index (κ2) is 12.2. The van der Waals surface area contributed by atoms with Crippen molar-refractivity contribution in [1.29, 1.82) is 0 Å². The fourth-order valence-electron chi connectivity index (χ4n) is 3.85. The Morgan fingerprint density at radius 3 is 2.30 bits per heavy atom. The number of anilines is 2. The van der Waals surface area contributed by atoms with Crippen LogP contribution in [0.15, 0.2) is 72.9 Å². The summed E-state index contributed by atoms with van der Waals surface area (Å²) < 4.78 is 6.37. The molecule has 1 aliphatic rings. The van der Waals surface area contributed by atoms with Gasteiger partial charge in [0, 0.05) is 60.3 Å². The van der Waals surface area contributed by atoms with Crippen molar-refractivity contribution in [1.82, 2.24) is 9.88 Å². The average molecular weight is 579 g/mol. The van der Waals surface area contributed by atoms with Crippen molar-refractivity contribution in [3.63, 3.8) is 0 Å². The highest BCUT2D eigenvalue weighted by Gasteiger charge is 2.22. The molecule has 4 rings (SSSR count). The molecule has 0 saturated carbocycles. The third-order valence-corrected chi connectivity index (χ3v) is 6.43. The first-order valence-corrected chi connectivity index (χ1v) is 11.8. The van der Waals surface area contributed by atoms with E-state index >= 15 is 0 Å². The van der Waals surface area contributed by atoms with Gasteiger partial charge in [-0.15, -0.1) is 12.4 Å². The molecule has 0 radical (unpaired) electrons. The zero-order chi connectivity index (χ0) is 22.3. The van der Waals surface area contributed by atoms with Crippen LogP contribution in [-0.2, 0) is 0 Å². The van der Waals surface area contributed by atoms with Gasteiger partial charge in [-0.3, -0.25) is 14.6 Å². The minimum absolute atomic E-state index is 0. The quantitative estimate of drug-likeness (QED) is 0.384. The Balaban J connectivity index is 0.00000306. The lowest BCUT2D eigenvalue weighted by atomic mass is 10.2. The predicted octanol–water partition coefficient (Wildman–Crippen LogP) is 4.59. The van der Waals surface area contributed by atoms with E-state index in [-0.39, 0.29) is 18.3 Å². The monoisotopic (exact) mass is 578 g/mol. The van der Waals surface area contributed by atoms with Crippen LogP contribution >= 0.6 is 35.0 Å². The molecule has 33 heavy (non-hydrogen) atoms. The largest absolute Gasteiger partial charge is 0.497 e. The molecule has 6 nitrogen and oxygen atoms in total. The number of benzene rings is 2. The molecular formula is C25H28ClIN4O2. The van der Waals surface area contributed by atoms with Gasteiger partial charge in [-0.25, -0.2) is 4.98 Å². The van der Waals surface area contributed by atoms with E-state index in [2.05, 4.69) is 49.5 Å². The zero-order valence-electron chi connectivity index (χ0n) is 18.6. The maximum Gasteiger partial charge on any atom is 0.259 e. The first-order valence-electron chi connectivity index (χ1n) is 10.7. The standard InChI is InChI=1S/C25H27IN4O2.ClH/c1-32-23-11-9-22(10-12-23)29-17-14-28(15-18-29)16-19-30(24-4-2-3-13-27-24)25(31)20-5-7-21(26)8-6-20;/h2-13H,14-19H2,1H3;1H. The molecule has 1 saturated heterocycles. The van der Waals surface area contributed by atoms with Crippen LogP contribution in [0.3, 0.4) is 0 Å². The predicted molar refractivity (Wildman–Crippen MR) is 144 cm³/mol. The van der Waals surface area contributed by atoms with Gasteiger partial charge in [-0.2, -0.15) is 0 Å². The third-order valence-electron chi connectivity index (χ3n) is 5.71. The Labute approximate surface area is 215 Å². The topological polar surface area (TPSA) is 48.9 Å². The van der Waals surface area contributed by atoms with Crippen molar-refractivity contribution in [2.24, 2.45) is 0 Å². The van der Waals surface area contributed by atoms with Crippen LogP contribution in [0.25, 0.3) is 0 Å². The first kappa shape index (κ1) is 25.3. The van der Waals surface area contributed by atoms with Crippen LogP contribution in [-0.4, -0.2) is 62.2 Å². The molecule has 0 spiro atoms. The van der Waals surface area contributed by atoms with Gasteiger partial charge in [0.15, 0.2) is 0 Å². The summed E-state index contributed by atoms with van der Waals surface area (Å²) in [5.74, 6) is 1.55. The number of hydrogen-bond acceptors (Lipinski definition) is 5. The van der Waals surface area contributed by atoms with Gasteiger partial charge in [0.1, 0.15) is 11.6 Å². The molecule has 2 heterocycles. The maximum atomic E-state index is 13.3. The number of halogens is 2. The summed E-state index contributed by atoms with van der Waals surface area (Å²) in [5, 5.41) is 0. The molecule has 0 atom stereocenters. The van der Waals surface area contributed by atoms with Crippen molar-refractivity contribution < 1.29 is 9.53 Å². The van der Waals surface area contributed by atoms with Gasteiger partial charge in [0.2, 0.25) is 0 Å². The number of amides is 1. The Bertz CT molecular complexity index is 1010. The van der Waals surface area contributed by atoms with E-state index in [1.807, 2.05) is 54.6 Å². The van der Waals surface area contributed by atoms with Crippen molar-refractivity contribution in [3.05, 3.63) is 82.1 Å². The number of carbonyl (C=O) groups is 1. The fraction of sp³-hybridized carbons (Fsp3) is 0.280. The Morgan fingerprint density at radius 2 is 1.70 bits per heavy atom. The van der Waals surface area contributed by atoms with E-state index in [9.17, 15) is 4.79 Å². The second-order valence-corrected chi connectivity index (χ2v) is 8.92. The van der Waals surface area contributed by atoms with E-state index in [1.165, 1.54) is 5.69 Å². The number of methoxy groups -OCH3 is 1. The summed E-state index contributed by atoms with van der Waals surface area (Å²) in [5.41, 5.74) is 1.90. The molecule has 2 aromatic carbocycles. The fourth-order valence-corrected chi connectivity index (χ4v) is 4.21. The van der Waals surface area contributed by atoms with Gasteiger partial charge in [-0.1, -0.05) is 6.07 Å². The first-order chi connectivity index (χ1) is 15.6. The summed E-state index contributed by atoms with van der Waals surface area (Å²) in [6.45, 7) is 5.25. The summed E-state index contributed by atoms with van der Waals surface area (Å²) >= 11 is 2.25. The molecule has 1 aromatic heterocycles. The molecule has 0 bridgehead atoms. The Kier molecular flexibility index (Phi) is 9.34.